The van der Waals surface area contributed by atoms with Crippen LogP contribution in [0.1, 0.15) is 25.8 Å². The minimum absolute atomic E-state index is 0.323. The summed E-state index contributed by atoms with van der Waals surface area (Å²) in [5.41, 5.74) is 0.816. The molecular formula is C12H18FN. The third-order valence-electron chi connectivity index (χ3n) is 2.64. The van der Waals surface area contributed by atoms with Crippen molar-refractivity contribution in [3.63, 3.8) is 0 Å². The summed E-state index contributed by atoms with van der Waals surface area (Å²) in [6.45, 7) is 4.32. The summed E-state index contributed by atoms with van der Waals surface area (Å²) >= 11 is 0. The van der Waals surface area contributed by atoms with Gasteiger partial charge in [0.2, 0.25) is 0 Å². The van der Waals surface area contributed by atoms with Crippen LogP contribution in [0.4, 0.5) is 4.39 Å². The van der Waals surface area contributed by atoms with Gasteiger partial charge in [0.05, 0.1) is 0 Å². The first-order chi connectivity index (χ1) is 6.70. The smallest absolute Gasteiger partial charge is 0.107 e. The highest BCUT2D eigenvalue weighted by atomic mass is 19.1. The standard InChI is InChI=1S/C12H18FN/c1-3-12(2,10-13)14-9-11-7-5-4-6-8-11/h4-8,14H,3,9-10H2,1-2H3. The Balaban J connectivity index is 2.48. The summed E-state index contributed by atoms with van der Waals surface area (Å²) in [7, 11) is 0. The Morgan fingerprint density at radius 3 is 2.43 bits per heavy atom. The van der Waals surface area contributed by atoms with Gasteiger partial charge in [-0.2, -0.15) is 0 Å². The Kier molecular flexibility index (Phi) is 4.08. The molecule has 14 heavy (non-hydrogen) atoms. The van der Waals surface area contributed by atoms with Gasteiger partial charge in [0.15, 0.2) is 0 Å². The first kappa shape index (κ1) is 11.2. The molecule has 0 aromatic heterocycles. The van der Waals surface area contributed by atoms with Crippen molar-refractivity contribution in [3.8, 4) is 0 Å². The predicted octanol–water partition coefficient (Wildman–Crippen LogP) is 2.91. The molecule has 1 atom stereocenters. The Labute approximate surface area is 85.3 Å². The number of alkyl halides is 1. The number of benzene rings is 1. The molecule has 78 valence electrons. The number of halogens is 1. The van der Waals surface area contributed by atoms with Crippen molar-refractivity contribution in [1.82, 2.24) is 5.32 Å². The summed E-state index contributed by atoms with van der Waals surface area (Å²) in [6, 6.07) is 10.1. The lowest BCUT2D eigenvalue weighted by Gasteiger charge is -2.26. The van der Waals surface area contributed by atoms with Crippen LogP contribution in [-0.4, -0.2) is 12.2 Å². The van der Waals surface area contributed by atoms with Gasteiger partial charge in [-0.05, 0) is 18.9 Å². The molecule has 1 aromatic rings. The van der Waals surface area contributed by atoms with Crippen LogP contribution in [0, 0.1) is 0 Å². The summed E-state index contributed by atoms with van der Waals surface area (Å²) in [4.78, 5) is 0. The Hall–Kier alpha value is -0.890. The van der Waals surface area contributed by atoms with E-state index in [1.54, 1.807) is 0 Å². The van der Waals surface area contributed by atoms with Gasteiger partial charge in [-0.1, -0.05) is 37.3 Å². The molecule has 0 heterocycles. The maximum atomic E-state index is 12.7. The number of rotatable bonds is 5. The second-order valence-electron chi connectivity index (χ2n) is 3.89. The van der Waals surface area contributed by atoms with E-state index in [0.717, 1.165) is 13.0 Å². The van der Waals surface area contributed by atoms with Gasteiger partial charge in [-0.3, -0.25) is 0 Å². The van der Waals surface area contributed by atoms with E-state index in [2.05, 4.69) is 5.32 Å². The average Bonchev–Trinajstić information content (AvgIpc) is 2.27. The Morgan fingerprint density at radius 1 is 1.29 bits per heavy atom. The van der Waals surface area contributed by atoms with Crippen LogP contribution in [0.15, 0.2) is 30.3 Å². The molecule has 0 radical (unpaired) electrons. The molecule has 0 spiro atoms. The first-order valence-corrected chi connectivity index (χ1v) is 5.05. The summed E-state index contributed by atoms with van der Waals surface area (Å²) in [5, 5.41) is 3.24. The molecule has 0 saturated heterocycles. The molecule has 0 aliphatic carbocycles. The number of hydrogen-bond acceptors (Lipinski definition) is 1. The molecule has 1 unspecified atom stereocenters. The SMILES string of the molecule is CCC(C)(CF)NCc1ccccc1. The molecule has 1 N–H and O–H groups in total. The second-order valence-corrected chi connectivity index (χ2v) is 3.89. The topological polar surface area (TPSA) is 12.0 Å². The average molecular weight is 195 g/mol. The van der Waals surface area contributed by atoms with Crippen LogP contribution in [0.5, 0.6) is 0 Å². The third kappa shape index (κ3) is 3.11. The van der Waals surface area contributed by atoms with Crippen LogP contribution in [0.3, 0.4) is 0 Å². The molecular weight excluding hydrogens is 177 g/mol. The molecule has 0 aliphatic rings. The highest BCUT2D eigenvalue weighted by Gasteiger charge is 2.20. The van der Waals surface area contributed by atoms with Crippen LogP contribution >= 0.6 is 0 Å². The fraction of sp³-hybridized carbons (Fsp3) is 0.500. The lowest BCUT2D eigenvalue weighted by molar-refractivity contribution is 0.256. The third-order valence-corrected chi connectivity index (χ3v) is 2.64. The molecule has 0 aliphatic heterocycles. The van der Waals surface area contributed by atoms with Gasteiger partial charge >= 0.3 is 0 Å². The monoisotopic (exact) mass is 195 g/mol. The Bertz CT molecular complexity index is 254. The summed E-state index contributed by atoms with van der Waals surface area (Å²) in [5.74, 6) is 0. The quantitative estimate of drug-likeness (QED) is 0.761. The Morgan fingerprint density at radius 2 is 1.93 bits per heavy atom. The van der Waals surface area contributed by atoms with Crippen LogP contribution in [-0.2, 0) is 6.54 Å². The van der Waals surface area contributed by atoms with E-state index in [0.29, 0.717) is 0 Å². The van der Waals surface area contributed by atoms with E-state index in [1.165, 1.54) is 5.56 Å². The highest BCUT2D eigenvalue weighted by molar-refractivity contribution is 5.14. The molecule has 0 fully saturated rings. The van der Waals surface area contributed by atoms with Crippen molar-refractivity contribution in [2.45, 2.75) is 32.4 Å². The highest BCUT2D eigenvalue weighted by Crippen LogP contribution is 2.11. The van der Waals surface area contributed by atoms with Gasteiger partial charge in [0.1, 0.15) is 6.67 Å². The van der Waals surface area contributed by atoms with Crippen LogP contribution in [0.25, 0.3) is 0 Å². The van der Waals surface area contributed by atoms with Gasteiger partial charge < -0.3 is 5.32 Å². The maximum absolute atomic E-state index is 12.7. The van der Waals surface area contributed by atoms with Gasteiger partial charge in [0, 0.05) is 12.1 Å². The maximum Gasteiger partial charge on any atom is 0.107 e. The zero-order valence-electron chi connectivity index (χ0n) is 8.89. The van der Waals surface area contributed by atoms with Crippen molar-refractivity contribution in [2.75, 3.05) is 6.67 Å². The largest absolute Gasteiger partial charge is 0.305 e. The van der Waals surface area contributed by atoms with E-state index in [-0.39, 0.29) is 12.2 Å². The van der Waals surface area contributed by atoms with Gasteiger partial charge in [-0.25, -0.2) is 4.39 Å². The molecule has 0 amide bonds. The lowest BCUT2D eigenvalue weighted by atomic mass is 10.0. The number of nitrogens with one attached hydrogen (secondary N) is 1. The van der Waals surface area contributed by atoms with Crippen LogP contribution < -0.4 is 5.32 Å². The lowest BCUT2D eigenvalue weighted by Crippen LogP contribution is -2.43. The van der Waals surface area contributed by atoms with E-state index >= 15 is 0 Å². The zero-order chi connectivity index (χ0) is 10.4. The van der Waals surface area contributed by atoms with Gasteiger partial charge in [0.25, 0.3) is 0 Å². The zero-order valence-corrected chi connectivity index (χ0v) is 8.89. The summed E-state index contributed by atoms with van der Waals surface area (Å²) < 4.78 is 12.7. The van der Waals surface area contributed by atoms with E-state index in [4.69, 9.17) is 0 Å². The fourth-order valence-electron chi connectivity index (χ4n) is 1.18. The minimum atomic E-state index is -0.379. The van der Waals surface area contributed by atoms with Gasteiger partial charge in [-0.15, -0.1) is 0 Å². The molecule has 0 saturated carbocycles. The van der Waals surface area contributed by atoms with E-state index in [1.807, 2.05) is 44.2 Å². The predicted molar refractivity (Wildman–Crippen MR) is 58.0 cm³/mol. The van der Waals surface area contributed by atoms with Crippen molar-refractivity contribution in [3.05, 3.63) is 35.9 Å². The van der Waals surface area contributed by atoms with Crippen molar-refractivity contribution < 1.29 is 4.39 Å². The van der Waals surface area contributed by atoms with Crippen LogP contribution in [0.2, 0.25) is 0 Å². The van der Waals surface area contributed by atoms with Crippen molar-refractivity contribution in [1.29, 1.82) is 0 Å². The first-order valence-electron chi connectivity index (χ1n) is 5.05. The van der Waals surface area contributed by atoms with E-state index < -0.39 is 0 Å². The minimum Gasteiger partial charge on any atom is -0.305 e. The molecule has 1 rings (SSSR count). The molecule has 2 heteroatoms. The van der Waals surface area contributed by atoms with E-state index in [9.17, 15) is 4.39 Å². The van der Waals surface area contributed by atoms with Crippen molar-refractivity contribution in [2.24, 2.45) is 0 Å². The second kappa shape index (κ2) is 5.11. The summed E-state index contributed by atoms with van der Waals surface area (Å²) in [6.07, 6.45) is 0.802. The molecule has 0 bridgehead atoms. The fourth-order valence-corrected chi connectivity index (χ4v) is 1.18. The molecule has 1 aromatic carbocycles. The normalized spacial score (nSPS) is 15.1. The van der Waals surface area contributed by atoms with Crippen molar-refractivity contribution >= 4 is 0 Å². The number of hydrogen-bond donors (Lipinski definition) is 1. The molecule has 1 nitrogen and oxygen atoms in total.